The summed E-state index contributed by atoms with van der Waals surface area (Å²) >= 11 is 0. The second-order valence-electron chi connectivity index (χ2n) is 6.97. The summed E-state index contributed by atoms with van der Waals surface area (Å²) < 4.78 is 23.9. The molecule has 6 heteroatoms. The Kier molecular flexibility index (Phi) is 5.68. The van der Waals surface area contributed by atoms with Crippen LogP contribution < -0.4 is 4.72 Å². The van der Waals surface area contributed by atoms with Crippen LogP contribution in [0.15, 0.2) is 96.0 Å². The van der Waals surface area contributed by atoms with Crippen LogP contribution in [-0.4, -0.2) is 14.1 Å². The fourth-order valence-electron chi connectivity index (χ4n) is 3.46. The molecule has 0 aliphatic heterocycles. The van der Waals surface area contributed by atoms with E-state index in [1.807, 2.05) is 60.7 Å². The van der Waals surface area contributed by atoms with E-state index in [-0.39, 0.29) is 5.92 Å². The molecule has 3 N–H and O–H groups in total. The minimum atomic E-state index is -3.19. The number of rotatable bonds is 6. The highest BCUT2D eigenvalue weighted by Gasteiger charge is 2.17. The highest BCUT2D eigenvalue weighted by molar-refractivity contribution is 8.25. The summed E-state index contributed by atoms with van der Waals surface area (Å²) in [6.45, 7) is 0. The molecule has 0 amide bonds. The van der Waals surface area contributed by atoms with Gasteiger partial charge in [0.15, 0.2) is 0 Å². The van der Waals surface area contributed by atoms with Crippen molar-refractivity contribution in [1.82, 2.24) is 4.98 Å². The Balaban J connectivity index is 1.68. The molecule has 5 nitrogen and oxygen atoms in total. The van der Waals surface area contributed by atoms with Crippen molar-refractivity contribution in [3.8, 4) is 6.07 Å². The van der Waals surface area contributed by atoms with Crippen LogP contribution in [0, 0.1) is 11.3 Å². The van der Waals surface area contributed by atoms with Crippen LogP contribution in [0.3, 0.4) is 0 Å². The van der Waals surface area contributed by atoms with Crippen LogP contribution in [0.5, 0.6) is 0 Å². The van der Waals surface area contributed by atoms with Crippen LogP contribution >= 0.6 is 10.8 Å². The number of aromatic nitrogens is 1. The maximum absolute atomic E-state index is 10.5. The number of anilines is 1. The van der Waals surface area contributed by atoms with Crippen LogP contribution in [0.2, 0.25) is 0 Å². The highest BCUT2D eigenvalue weighted by Crippen LogP contribution is 2.47. The molecule has 150 valence electrons. The Morgan fingerprint density at radius 3 is 2.30 bits per heavy atom. The molecule has 0 radical (unpaired) electrons. The topological polar surface area (TPSA) is 89.2 Å². The third-order valence-electron chi connectivity index (χ3n) is 4.94. The average Bonchev–Trinajstić information content (AvgIpc) is 2.78. The lowest BCUT2D eigenvalue weighted by Gasteiger charge is -2.33. The average molecular weight is 416 g/mol. The molecular weight excluding hydrogens is 394 g/mol. The maximum atomic E-state index is 10.5. The minimum Gasteiger partial charge on any atom is -0.279 e. The molecule has 1 heterocycles. The van der Waals surface area contributed by atoms with Gasteiger partial charge in [0.2, 0.25) is 0 Å². The number of hydrogen-bond donors (Lipinski definition) is 3. The van der Waals surface area contributed by atoms with Crippen molar-refractivity contribution in [2.75, 3.05) is 4.72 Å². The standard InChI is InChI=1S/C24H21N3O2S/c25-14-13-23(18-7-3-1-4-8-18)19-11-12-24-20(15-19)16-21(17-26-24)27-30(28,29)22-9-5-2-6-10-22/h1-12,15-17,23,27-29H,13H2. The summed E-state index contributed by atoms with van der Waals surface area (Å²) in [6, 6.07) is 28.7. The molecule has 1 unspecified atom stereocenters. The van der Waals surface area contributed by atoms with E-state index in [2.05, 4.69) is 15.8 Å². The molecule has 4 aromatic rings. The van der Waals surface area contributed by atoms with Crippen LogP contribution in [0.1, 0.15) is 23.5 Å². The predicted octanol–water partition coefficient (Wildman–Crippen LogP) is 6.42. The van der Waals surface area contributed by atoms with Crippen molar-refractivity contribution in [3.63, 3.8) is 0 Å². The fourth-order valence-corrected chi connectivity index (χ4v) is 4.56. The van der Waals surface area contributed by atoms with E-state index in [0.29, 0.717) is 17.0 Å². The summed E-state index contributed by atoms with van der Waals surface area (Å²) in [5.74, 6) is -0.0399. The van der Waals surface area contributed by atoms with E-state index in [1.54, 1.807) is 30.5 Å². The largest absolute Gasteiger partial charge is 0.279 e. The second kappa shape index (κ2) is 8.56. The number of pyridine rings is 1. The van der Waals surface area contributed by atoms with Gasteiger partial charge in [0.25, 0.3) is 0 Å². The Hall–Kier alpha value is -3.37. The van der Waals surface area contributed by atoms with Crippen molar-refractivity contribution in [1.29, 1.82) is 5.26 Å². The van der Waals surface area contributed by atoms with E-state index in [1.165, 1.54) is 0 Å². The molecule has 30 heavy (non-hydrogen) atoms. The summed E-state index contributed by atoms with van der Waals surface area (Å²) in [5.41, 5.74) is 3.41. The highest BCUT2D eigenvalue weighted by atomic mass is 32.3. The Labute approximate surface area is 177 Å². The van der Waals surface area contributed by atoms with E-state index in [9.17, 15) is 14.4 Å². The zero-order valence-corrected chi connectivity index (χ0v) is 17.0. The molecule has 0 fully saturated rings. The lowest BCUT2D eigenvalue weighted by atomic mass is 9.88. The summed E-state index contributed by atoms with van der Waals surface area (Å²) in [4.78, 5) is 4.86. The fraction of sp³-hybridized carbons (Fsp3) is 0.0833. The third-order valence-corrected chi connectivity index (χ3v) is 6.39. The van der Waals surface area contributed by atoms with Gasteiger partial charge in [-0.05, 0) is 41.5 Å². The third kappa shape index (κ3) is 4.29. The molecule has 1 aromatic heterocycles. The lowest BCUT2D eigenvalue weighted by molar-refractivity contribution is 0.494. The van der Waals surface area contributed by atoms with Crippen LogP contribution in [0.25, 0.3) is 10.9 Å². The molecular formula is C24H21N3O2S. The Morgan fingerprint density at radius 2 is 1.60 bits per heavy atom. The molecule has 1 atom stereocenters. The van der Waals surface area contributed by atoms with E-state index in [0.717, 1.165) is 22.0 Å². The molecule has 0 saturated heterocycles. The summed E-state index contributed by atoms with van der Waals surface area (Å²) in [6.07, 6.45) is 1.96. The van der Waals surface area contributed by atoms with Crippen molar-refractivity contribution >= 4 is 27.4 Å². The lowest BCUT2D eigenvalue weighted by Crippen LogP contribution is -2.09. The molecule has 0 bridgehead atoms. The van der Waals surface area contributed by atoms with Crippen molar-refractivity contribution in [2.24, 2.45) is 0 Å². The van der Waals surface area contributed by atoms with Crippen LogP contribution in [-0.2, 0) is 0 Å². The first kappa shape index (κ1) is 19.9. The molecule has 3 aromatic carbocycles. The molecule has 0 aliphatic rings. The Morgan fingerprint density at radius 1 is 0.900 bits per heavy atom. The van der Waals surface area contributed by atoms with Gasteiger partial charge in [0.05, 0.1) is 28.4 Å². The van der Waals surface area contributed by atoms with Gasteiger partial charge in [-0.15, -0.1) is 0 Å². The SMILES string of the molecule is N#CCC(c1ccccc1)c1ccc2ncc(NS(O)(O)c3ccccc3)cc2c1. The Bertz CT molecular complexity index is 1190. The second-order valence-corrected chi connectivity index (χ2v) is 8.74. The van der Waals surface area contributed by atoms with Gasteiger partial charge >= 0.3 is 0 Å². The number of nitriles is 1. The first-order valence-electron chi connectivity index (χ1n) is 9.49. The van der Waals surface area contributed by atoms with Gasteiger partial charge in [-0.3, -0.25) is 18.8 Å². The van der Waals surface area contributed by atoms with Gasteiger partial charge in [0, 0.05) is 17.7 Å². The molecule has 4 rings (SSSR count). The maximum Gasteiger partial charge on any atom is 0.0801 e. The molecule has 0 saturated carbocycles. The van der Waals surface area contributed by atoms with E-state index in [4.69, 9.17) is 0 Å². The summed E-state index contributed by atoms with van der Waals surface area (Å²) in [5, 5.41) is 10.2. The molecule has 0 aliphatic carbocycles. The number of fused-ring (bicyclic) bond motifs is 1. The smallest absolute Gasteiger partial charge is 0.0801 e. The van der Waals surface area contributed by atoms with Crippen molar-refractivity contribution < 1.29 is 9.11 Å². The number of nitrogens with zero attached hydrogens (tertiary/aromatic N) is 2. The predicted molar refractivity (Wildman–Crippen MR) is 121 cm³/mol. The van der Waals surface area contributed by atoms with Gasteiger partial charge in [-0.1, -0.05) is 65.4 Å². The quantitative estimate of drug-likeness (QED) is 0.338. The van der Waals surface area contributed by atoms with Gasteiger partial charge < -0.3 is 0 Å². The van der Waals surface area contributed by atoms with Gasteiger partial charge in [-0.25, -0.2) is 0 Å². The zero-order chi connectivity index (χ0) is 21.0. The zero-order valence-electron chi connectivity index (χ0n) is 16.1. The number of nitrogens with one attached hydrogen (secondary N) is 1. The monoisotopic (exact) mass is 415 g/mol. The summed E-state index contributed by atoms with van der Waals surface area (Å²) in [7, 11) is -3.19. The number of hydrogen-bond acceptors (Lipinski definition) is 5. The first-order chi connectivity index (χ1) is 14.6. The minimum absolute atomic E-state index is 0.0399. The first-order valence-corrected chi connectivity index (χ1v) is 11.0. The normalized spacial score (nSPS) is 12.8. The van der Waals surface area contributed by atoms with Gasteiger partial charge in [-0.2, -0.15) is 5.26 Å². The van der Waals surface area contributed by atoms with E-state index >= 15 is 0 Å². The van der Waals surface area contributed by atoms with Crippen molar-refractivity contribution in [2.45, 2.75) is 17.2 Å². The number of benzene rings is 3. The van der Waals surface area contributed by atoms with Crippen molar-refractivity contribution in [3.05, 3.63) is 102 Å². The van der Waals surface area contributed by atoms with Crippen LogP contribution in [0.4, 0.5) is 5.69 Å². The molecule has 0 spiro atoms. The van der Waals surface area contributed by atoms with Gasteiger partial charge in [0.1, 0.15) is 0 Å². The van der Waals surface area contributed by atoms with E-state index < -0.39 is 10.8 Å².